The number of rotatable bonds is 2. The summed E-state index contributed by atoms with van der Waals surface area (Å²) in [5.41, 5.74) is 3.48. The standard InChI is InChI=1S/C13H11N3O2S2/c17-13(18)9-5-19-11(16-9)12-15-8-3-6-1-2-14-7(6)4-10(8)20-12/h3-4,9,14H,1-2,5H2,(H,17,18). The normalized spacial score (nSPS) is 20.8. The Morgan fingerprint density at radius 3 is 3.15 bits per heavy atom. The Labute approximate surface area is 123 Å². The molecule has 7 heteroatoms. The van der Waals surface area contributed by atoms with Gasteiger partial charge < -0.3 is 10.4 Å². The molecule has 3 heterocycles. The van der Waals surface area contributed by atoms with Crippen LogP contribution in [-0.4, -0.2) is 39.4 Å². The number of anilines is 1. The second kappa shape index (κ2) is 4.46. The van der Waals surface area contributed by atoms with Gasteiger partial charge in [-0.1, -0.05) is 0 Å². The Hall–Kier alpha value is -1.60. The van der Waals surface area contributed by atoms with E-state index in [4.69, 9.17) is 5.11 Å². The smallest absolute Gasteiger partial charge is 0.329 e. The van der Waals surface area contributed by atoms with E-state index in [0.29, 0.717) is 5.75 Å². The highest BCUT2D eigenvalue weighted by atomic mass is 32.2. The first-order chi connectivity index (χ1) is 9.70. The summed E-state index contributed by atoms with van der Waals surface area (Å²) in [6, 6.07) is 3.63. The third-order valence-electron chi connectivity index (χ3n) is 3.44. The van der Waals surface area contributed by atoms with Crippen molar-refractivity contribution < 1.29 is 9.90 Å². The van der Waals surface area contributed by atoms with Gasteiger partial charge in [0.1, 0.15) is 10.1 Å². The minimum absolute atomic E-state index is 0.499. The molecule has 1 aromatic heterocycles. The SMILES string of the molecule is O=C(O)C1CSC(c2nc3cc4c(cc3s2)NCC4)=N1. The molecule has 2 aliphatic rings. The molecule has 102 valence electrons. The highest BCUT2D eigenvalue weighted by Crippen LogP contribution is 2.34. The molecule has 0 amide bonds. The van der Waals surface area contributed by atoms with E-state index < -0.39 is 12.0 Å². The number of carbonyl (C=O) groups is 1. The van der Waals surface area contributed by atoms with Gasteiger partial charge in [0.2, 0.25) is 0 Å². The van der Waals surface area contributed by atoms with Crippen molar-refractivity contribution in [3.63, 3.8) is 0 Å². The number of carboxylic acid groups (broad SMARTS) is 1. The molecule has 2 N–H and O–H groups in total. The van der Waals surface area contributed by atoms with Gasteiger partial charge in [-0.3, -0.25) is 4.99 Å². The van der Waals surface area contributed by atoms with Crippen molar-refractivity contribution in [3.8, 4) is 0 Å². The first-order valence-electron chi connectivity index (χ1n) is 6.32. The Morgan fingerprint density at radius 2 is 2.35 bits per heavy atom. The van der Waals surface area contributed by atoms with Crippen molar-refractivity contribution in [2.45, 2.75) is 12.5 Å². The molecule has 2 aliphatic heterocycles. The third-order valence-corrected chi connectivity index (χ3v) is 5.65. The number of nitrogens with zero attached hydrogens (tertiary/aromatic N) is 2. The predicted molar refractivity (Wildman–Crippen MR) is 82.2 cm³/mol. The summed E-state index contributed by atoms with van der Waals surface area (Å²) in [5, 5.41) is 13.9. The molecule has 2 aromatic rings. The van der Waals surface area contributed by atoms with Gasteiger partial charge in [0.15, 0.2) is 6.04 Å². The number of thiazole rings is 1. The molecule has 0 fully saturated rings. The van der Waals surface area contributed by atoms with Crippen molar-refractivity contribution >= 4 is 50.0 Å². The van der Waals surface area contributed by atoms with Gasteiger partial charge in [-0.2, -0.15) is 0 Å². The lowest BCUT2D eigenvalue weighted by molar-refractivity contribution is -0.137. The number of aromatic nitrogens is 1. The van der Waals surface area contributed by atoms with E-state index in [1.807, 2.05) is 0 Å². The van der Waals surface area contributed by atoms with Crippen LogP contribution < -0.4 is 5.32 Å². The molecule has 4 rings (SSSR count). The van der Waals surface area contributed by atoms with Crippen LogP contribution in [-0.2, 0) is 11.2 Å². The fourth-order valence-electron chi connectivity index (χ4n) is 2.43. The van der Waals surface area contributed by atoms with Crippen LogP contribution >= 0.6 is 23.1 Å². The average Bonchev–Trinajstić information content (AvgIpc) is 3.13. The number of hydrogen-bond donors (Lipinski definition) is 2. The van der Waals surface area contributed by atoms with Crippen molar-refractivity contribution in [1.29, 1.82) is 0 Å². The Morgan fingerprint density at radius 1 is 1.45 bits per heavy atom. The van der Waals surface area contributed by atoms with Crippen LogP contribution in [0.15, 0.2) is 17.1 Å². The molecule has 0 saturated carbocycles. The lowest BCUT2D eigenvalue weighted by Gasteiger charge is -1.97. The molecule has 1 unspecified atom stereocenters. The molecular formula is C13H11N3O2S2. The maximum atomic E-state index is 10.9. The van der Waals surface area contributed by atoms with E-state index in [1.54, 1.807) is 11.3 Å². The van der Waals surface area contributed by atoms with Gasteiger partial charge in [-0.05, 0) is 24.1 Å². The van der Waals surface area contributed by atoms with Crippen molar-refractivity contribution in [2.24, 2.45) is 4.99 Å². The van der Waals surface area contributed by atoms with Crippen LogP contribution in [0.4, 0.5) is 5.69 Å². The van der Waals surface area contributed by atoms with E-state index in [2.05, 4.69) is 27.4 Å². The number of benzene rings is 1. The number of aliphatic carboxylic acids is 1. The molecule has 0 saturated heterocycles. The maximum Gasteiger partial charge on any atom is 0.329 e. The molecule has 20 heavy (non-hydrogen) atoms. The van der Waals surface area contributed by atoms with Crippen molar-refractivity contribution in [1.82, 2.24) is 4.98 Å². The predicted octanol–water partition coefficient (Wildman–Crippen LogP) is 2.21. The quantitative estimate of drug-likeness (QED) is 0.890. The monoisotopic (exact) mass is 305 g/mol. The summed E-state index contributed by atoms with van der Waals surface area (Å²) < 4.78 is 1.12. The first kappa shape index (κ1) is 12.2. The second-order valence-electron chi connectivity index (χ2n) is 4.77. The fraction of sp³-hybridized carbons (Fsp3) is 0.308. The van der Waals surface area contributed by atoms with Crippen LogP contribution in [0.2, 0.25) is 0 Å². The van der Waals surface area contributed by atoms with Crippen molar-refractivity contribution in [2.75, 3.05) is 17.6 Å². The number of aliphatic imine (C=N–C) groups is 1. The zero-order valence-corrected chi connectivity index (χ0v) is 12.1. The Balaban J connectivity index is 1.75. The van der Waals surface area contributed by atoms with Crippen LogP contribution in [0.3, 0.4) is 0 Å². The number of hydrogen-bond acceptors (Lipinski definition) is 6. The molecule has 0 radical (unpaired) electrons. The van der Waals surface area contributed by atoms with E-state index in [-0.39, 0.29) is 0 Å². The van der Waals surface area contributed by atoms with Crippen LogP contribution in [0.1, 0.15) is 10.6 Å². The highest BCUT2D eigenvalue weighted by Gasteiger charge is 2.27. The largest absolute Gasteiger partial charge is 0.480 e. The second-order valence-corrected chi connectivity index (χ2v) is 6.81. The van der Waals surface area contributed by atoms with Crippen LogP contribution in [0.5, 0.6) is 0 Å². The number of nitrogens with one attached hydrogen (secondary N) is 1. The minimum atomic E-state index is -0.864. The molecule has 1 aromatic carbocycles. The van der Waals surface area contributed by atoms with E-state index >= 15 is 0 Å². The average molecular weight is 305 g/mol. The zero-order chi connectivity index (χ0) is 13.7. The lowest BCUT2D eigenvalue weighted by Crippen LogP contribution is -2.17. The molecule has 5 nitrogen and oxygen atoms in total. The zero-order valence-electron chi connectivity index (χ0n) is 10.4. The molecule has 0 aliphatic carbocycles. The summed E-state index contributed by atoms with van der Waals surface area (Å²) in [5.74, 6) is -0.365. The Kier molecular flexibility index (Phi) is 2.71. The van der Waals surface area contributed by atoms with Gasteiger partial charge in [0.25, 0.3) is 0 Å². The first-order valence-corrected chi connectivity index (χ1v) is 8.12. The summed E-state index contributed by atoms with van der Waals surface area (Å²) in [4.78, 5) is 19.8. The highest BCUT2D eigenvalue weighted by molar-refractivity contribution is 8.15. The number of thioether (sulfide) groups is 1. The molecule has 1 atom stereocenters. The van der Waals surface area contributed by atoms with E-state index in [1.165, 1.54) is 23.0 Å². The summed E-state index contributed by atoms with van der Waals surface area (Å²) in [6.45, 7) is 0.988. The number of carboxylic acids is 1. The fourth-order valence-corrected chi connectivity index (χ4v) is 4.51. The summed E-state index contributed by atoms with van der Waals surface area (Å²) >= 11 is 3.06. The molecular weight excluding hydrogens is 294 g/mol. The molecule has 0 spiro atoms. The van der Waals surface area contributed by atoms with Crippen LogP contribution in [0.25, 0.3) is 10.2 Å². The van der Waals surface area contributed by atoms with Gasteiger partial charge >= 0.3 is 5.97 Å². The van der Waals surface area contributed by atoms with Crippen LogP contribution in [0, 0.1) is 0 Å². The third kappa shape index (κ3) is 1.89. The summed E-state index contributed by atoms with van der Waals surface area (Å²) in [6.07, 6.45) is 1.04. The summed E-state index contributed by atoms with van der Waals surface area (Å²) in [7, 11) is 0. The lowest BCUT2D eigenvalue weighted by atomic mass is 10.1. The number of fused-ring (bicyclic) bond motifs is 2. The maximum absolute atomic E-state index is 10.9. The minimum Gasteiger partial charge on any atom is -0.480 e. The topological polar surface area (TPSA) is 74.6 Å². The van der Waals surface area contributed by atoms with Crippen molar-refractivity contribution in [3.05, 3.63) is 22.7 Å². The van der Waals surface area contributed by atoms with E-state index in [0.717, 1.165) is 33.2 Å². The van der Waals surface area contributed by atoms with Gasteiger partial charge in [-0.25, -0.2) is 9.78 Å². The molecule has 0 bridgehead atoms. The van der Waals surface area contributed by atoms with E-state index in [9.17, 15) is 4.79 Å². The van der Waals surface area contributed by atoms with Gasteiger partial charge in [0, 0.05) is 18.0 Å². The van der Waals surface area contributed by atoms with Gasteiger partial charge in [0.05, 0.1) is 10.2 Å². The van der Waals surface area contributed by atoms with Gasteiger partial charge in [-0.15, -0.1) is 23.1 Å². The Bertz CT molecular complexity index is 712.